The summed E-state index contributed by atoms with van der Waals surface area (Å²) in [6.45, 7) is 0.454. The van der Waals surface area contributed by atoms with Crippen molar-refractivity contribution in [2.75, 3.05) is 11.6 Å². The SMILES string of the molecule is CSc1nnc2c(n1)OC(c1cc(Br)ccc1OCc1ccccc1)Nc1ccccc1-2. The van der Waals surface area contributed by atoms with Gasteiger partial charge in [-0.15, -0.1) is 10.2 Å². The molecule has 1 unspecified atom stereocenters. The van der Waals surface area contributed by atoms with Gasteiger partial charge >= 0.3 is 0 Å². The van der Waals surface area contributed by atoms with Gasteiger partial charge in [0.15, 0.2) is 5.69 Å². The highest BCUT2D eigenvalue weighted by atomic mass is 79.9. The van der Waals surface area contributed by atoms with Crippen LogP contribution in [0.3, 0.4) is 0 Å². The Hall–Kier alpha value is -3.10. The van der Waals surface area contributed by atoms with Crippen LogP contribution in [-0.4, -0.2) is 21.4 Å². The first-order valence-electron chi connectivity index (χ1n) is 9.99. The molecular formula is C24H19BrN4O2S. The Morgan fingerprint density at radius 3 is 2.69 bits per heavy atom. The van der Waals surface area contributed by atoms with Gasteiger partial charge in [-0.25, -0.2) is 0 Å². The van der Waals surface area contributed by atoms with Crippen molar-refractivity contribution in [2.45, 2.75) is 18.0 Å². The van der Waals surface area contributed by atoms with E-state index >= 15 is 0 Å². The molecule has 0 bridgehead atoms. The zero-order valence-electron chi connectivity index (χ0n) is 17.2. The number of anilines is 1. The van der Waals surface area contributed by atoms with Gasteiger partial charge in [0, 0.05) is 15.7 Å². The van der Waals surface area contributed by atoms with Crippen LogP contribution >= 0.6 is 27.7 Å². The Balaban J connectivity index is 1.55. The van der Waals surface area contributed by atoms with Gasteiger partial charge in [-0.1, -0.05) is 76.2 Å². The third kappa shape index (κ3) is 4.28. The molecular weight excluding hydrogens is 488 g/mol. The quantitative estimate of drug-likeness (QED) is 0.327. The first kappa shape index (κ1) is 20.8. The van der Waals surface area contributed by atoms with E-state index in [9.17, 15) is 0 Å². The minimum Gasteiger partial charge on any atom is -0.488 e. The van der Waals surface area contributed by atoms with Crippen LogP contribution in [0.4, 0.5) is 5.69 Å². The van der Waals surface area contributed by atoms with Gasteiger partial charge in [0.25, 0.3) is 0 Å². The number of rotatable bonds is 5. The van der Waals surface area contributed by atoms with Crippen molar-refractivity contribution in [3.63, 3.8) is 0 Å². The molecule has 0 saturated carbocycles. The average Bonchev–Trinajstić information content (AvgIpc) is 3.00. The number of nitrogens with zero attached hydrogens (tertiary/aromatic N) is 3. The summed E-state index contributed by atoms with van der Waals surface area (Å²) in [5, 5.41) is 12.6. The van der Waals surface area contributed by atoms with Gasteiger partial charge in [-0.3, -0.25) is 0 Å². The first-order chi connectivity index (χ1) is 15.7. The van der Waals surface area contributed by atoms with Gasteiger partial charge in [-0.05, 0) is 36.1 Å². The third-order valence-electron chi connectivity index (χ3n) is 5.01. The van der Waals surface area contributed by atoms with E-state index in [0.29, 0.717) is 23.3 Å². The number of benzene rings is 3. The molecule has 1 atom stereocenters. The third-order valence-corrected chi connectivity index (χ3v) is 6.04. The van der Waals surface area contributed by atoms with Gasteiger partial charge < -0.3 is 14.8 Å². The lowest BCUT2D eigenvalue weighted by atomic mass is 10.1. The number of para-hydroxylation sites is 1. The molecule has 4 aromatic rings. The zero-order valence-corrected chi connectivity index (χ0v) is 19.6. The molecule has 3 aromatic carbocycles. The van der Waals surface area contributed by atoms with Crippen molar-refractivity contribution in [3.8, 4) is 22.9 Å². The smallest absolute Gasteiger partial charge is 0.247 e. The minimum atomic E-state index is -0.535. The Morgan fingerprint density at radius 2 is 1.84 bits per heavy atom. The van der Waals surface area contributed by atoms with Crippen molar-refractivity contribution in [3.05, 3.63) is 88.4 Å². The Labute approximate surface area is 198 Å². The summed E-state index contributed by atoms with van der Waals surface area (Å²) in [6, 6.07) is 23.9. The number of hydrogen-bond acceptors (Lipinski definition) is 7. The molecule has 32 heavy (non-hydrogen) atoms. The van der Waals surface area contributed by atoms with Crippen LogP contribution in [0.15, 0.2) is 82.4 Å². The Bertz CT molecular complexity index is 1260. The monoisotopic (exact) mass is 506 g/mol. The van der Waals surface area contributed by atoms with Crippen LogP contribution < -0.4 is 14.8 Å². The topological polar surface area (TPSA) is 69.2 Å². The molecule has 0 saturated heterocycles. The summed E-state index contributed by atoms with van der Waals surface area (Å²) in [5.74, 6) is 1.16. The second-order valence-corrected chi connectivity index (χ2v) is 8.79. The lowest BCUT2D eigenvalue weighted by molar-refractivity contribution is 0.214. The van der Waals surface area contributed by atoms with E-state index in [2.05, 4.69) is 36.4 Å². The second kappa shape index (κ2) is 9.18. The normalized spacial score (nSPS) is 14.4. The largest absolute Gasteiger partial charge is 0.488 e. The number of halogens is 1. The second-order valence-electron chi connectivity index (χ2n) is 7.10. The van der Waals surface area contributed by atoms with Gasteiger partial charge in [0.1, 0.15) is 12.4 Å². The number of hydrogen-bond donors (Lipinski definition) is 1. The average molecular weight is 507 g/mol. The highest BCUT2D eigenvalue weighted by molar-refractivity contribution is 9.10. The molecule has 0 amide bonds. The van der Waals surface area contributed by atoms with E-state index in [4.69, 9.17) is 9.47 Å². The summed E-state index contributed by atoms with van der Waals surface area (Å²) in [6.07, 6.45) is 1.38. The number of aromatic nitrogens is 3. The molecule has 2 heterocycles. The summed E-state index contributed by atoms with van der Waals surface area (Å²) >= 11 is 5.01. The molecule has 1 N–H and O–H groups in total. The first-order valence-corrected chi connectivity index (χ1v) is 12.0. The Kier molecular flexibility index (Phi) is 5.96. The molecule has 1 aliphatic rings. The lowest BCUT2D eigenvalue weighted by Crippen LogP contribution is -2.18. The maximum absolute atomic E-state index is 6.38. The highest BCUT2D eigenvalue weighted by Crippen LogP contribution is 2.41. The van der Waals surface area contributed by atoms with Crippen molar-refractivity contribution in [1.82, 2.24) is 15.2 Å². The fraction of sp³-hybridized carbons (Fsp3) is 0.125. The van der Waals surface area contributed by atoms with Crippen LogP contribution in [0, 0.1) is 0 Å². The predicted molar refractivity (Wildman–Crippen MR) is 129 cm³/mol. The van der Waals surface area contributed by atoms with Crippen LogP contribution in [0.1, 0.15) is 17.4 Å². The number of fused-ring (bicyclic) bond motifs is 3. The number of thioether (sulfide) groups is 1. The summed E-state index contributed by atoms with van der Waals surface area (Å²) in [4.78, 5) is 4.59. The van der Waals surface area contributed by atoms with Crippen molar-refractivity contribution >= 4 is 33.4 Å². The van der Waals surface area contributed by atoms with Gasteiger partial charge in [-0.2, -0.15) is 4.98 Å². The molecule has 0 aliphatic carbocycles. The maximum atomic E-state index is 6.38. The van der Waals surface area contributed by atoms with Crippen LogP contribution in [0.2, 0.25) is 0 Å². The van der Waals surface area contributed by atoms with Crippen LogP contribution in [0.25, 0.3) is 11.3 Å². The predicted octanol–water partition coefficient (Wildman–Crippen LogP) is 6.11. The molecule has 0 radical (unpaired) electrons. The van der Waals surface area contributed by atoms with E-state index in [0.717, 1.165) is 32.6 Å². The minimum absolute atomic E-state index is 0.431. The van der Waals surface area contributed by atoms with E-state index in [1.807, 2.05) is 79.1 Å². The number of nitrogens with one attached hydrogen (secondary N) is 1. The fourth-order valence-corrected chi connectivity index (χ4v) is 4.14. The van der Waals surface area contributed by atoms with Crippen LogP contribution in [0.5, 0.6) is 11.6 Å². The van der Waals surface area contributed by atoms with E-state index in [1.54, 1.807) is 0 Å². The molecule has 1 aliphatic heterocycles. The van der Waals surface area contributed by atoms with Gasteiger partial charge in [0.05, 0.1) is 5.56 Å². The molecule has 160 valence electrons. The van der Waals surface area contributed by atoms with Crippen molar-refractivity contribution in [2.24, 2.45) is 0 Å². The molecule has 6 nitrogen and oxygen atoms in total. The van der Waals surface area contributed by atoms with Gasteiger partial charge in [0.2, 0.25) is 17.3 Å². The molecule has 5 rings (SSSR count). The maximum Gasteiger partial charge on any atom is 0.247 e. The van der Waals surface area contributed by atoms with E-state index in [-0.39, 0.29) is 0 Å². The van der Waals surface area contributed by atoms with Crippen molar-refractivity contribution < 1.29 is 9.47 Å². The number of ether oxygens (including phenoxy) is 2. The molecule has 0 fully saturated rings. The van der Waals surface area contributed by atoms with Crippen molar-refractivity contribution in [1.29, 1.82) is 0 Å². The highest BCUT2D eigenvalue weighted by Gasteiger charge is 2.28. The standard InChI is InChI=1S/C24H19BrN4O2S/c1-32-24-27-23-21(28-29-24)17-9-5-6-10-19(17)26-22(31-23)18-13-16(25)11-12-20(18)30-14-15-7-3-2-4-8-15/h2-13,22,26H,14H2,1H3. The van der Waals surface area contributed by atoms with Crippen LogP contribution in [-0.2, 0) is 6.61 Å². The fourth-order valence-electron chi connectivity index (χ4n) is 3.47. The summed E-state index contributed by atoms with van der Waals surface area (Å²) in [5.41, 5.74) is 4.32. The lowest BCUT2D eigenvalue weighted by Gasteiger charge is -2.22. The van der Waals surface area contributed by atoms with E-state index in [1.165, 1.54) is 11.8 Å². The molecule has 1 aromatic heterocycles. The Morgan fingerprint density at radius 1 is 1.03 bits per heavy atom. The molecule has 8 heteroatoms. The summed E-state index contributed by atoms with van der Waals surface area (Å²) in [7, 11) is 0. The molecule has 0 spiro atoms. The zero-order chi connectivity index (χ0) is 21.9. The summed E-state index contributed by atoms with van der Waals surface area (Å²) < 4.78 is 13.5. The van der Waals surface area contributed by atoms with E-state index < -0.39 is 6.23 Å².